The Kier molecular flexibility index (Phi) is 5.52. The summed E-state index contributed by atoms with van der Waals surface area (Å²) in [6, 6.07) is 18.3. The van der Waals surface area contributed by atoms with Crippen LogP contribution in [0.4, 0.5) is 30.2 Å². The molecule has 0 aliphatic rings. The van der Waals surface area contributed by atoms with Crippen LogP contribution in [-0.2, 0) is 15.9 Å². The first-order valence-corrected chi connectivity index (χ1v) is 11.4. The second-order valence-corrected chi connectivity index (χ2v) is 9.42. The van der Waals surface area contributed by atoms with Crippen LogP contribution in [0.15, 0.2) is 88.3 Å². The van der Waals surface area contributed by atoms with Crippen molar-refractivity contribution in [1.29, 1.82) is 0 Å². The molecule has 32 heavy (non-hydrogen) atoms. The summed E-state index contributed by atoms with van der Waals surface area (Å²) < 4.78 is 56.8. The molecule has 164 valence electrons. The maximum Gasteiger partial charge on any atom is 0.416 e. The Morgan fingerprint density at radius 3 is 2.47 bits per heavy atom. The fourth-order valence-electron chi connectivity index (χ4n) is 3.23. The first-order chi connectivity index (χ1) is 15.1. The third-order valence-electron chi connectivity index (χ3n) is 4.71. The van der Waals surface area contributed by atoms with Crippen LogP contribution in [-0.4, -0.2) is 20.6 Å². The lowest BCUT2D eigenvalue weighted by atomic mass is 10.1. The Labute approximate surface area is 182 Å². The first-order valence-electron chi connectivity index (χ1n) is 9.46. The van der Waals surface area contributed by atoms with Crippen LogP contribution in [0.3, 0.4) is 0 Å². The summed E-state index contributed by atoms with van der Waals surface area (Å²) in [5.74, 6) is -0.509. The van der Waals surface area contributed by atoms with E-state index in [-0.39, 0.29) is 5.69 Å². The zero-order valence-corrected chi connectivity index (χ0v) is 17.6. The van der Waals surface area contributed by atoms with E-state index in [1.54, 1.807) is 54.8 Å². The fraction of sp³-hybridized carbons (Fsp3) is 0.0870. The van der Waals surface area contributed by atoms with Crippen LogP contribution in [0.1, 0.15) is 5.56 Å². The minimum Gasteiger partial charge on any atom is -0.508 e. The highest BCUT2D eigenvalue weighted by Gasteiger charge is 2.31. The molecule has 2 N–H and O–H groups in total. The average Bonchev–Trinajstić information content (AvgIpc) is 2.73. The number of nitrogens with zero attached hydrogens (tertiary/aromatic N) is 2. The SMILES string of the molecule is CS(=O)(=Nc1ccc2nccc(Nc3cc(O)cc(C(F)(F)F)c3)c2c1)c1ccccc1. The number of benzene rings is 3. The van der Waals surface area contributed by atoms with Crippen LogP contribution in [0.25, 0.3) is 10.9 Å². The van der Waals surface area contributed by atoms with Gasteiger partial charge in [-0.25, -0.2) is 4.21 Å². The molecule has 0 radical (unpaired) electrons. The van der Waals surface area contributed by atoms with Gasteiger partial charge in [0.25, 0.3) is 0 Å². The van der Waals surface area contributed by atoms with Gasteiger partial charge in [-0.3, -0.25) is 4.98 Å². The highest BCUT2D eigenvalue weighted by molar-refractivity contribution is 7.93. The molecule has 4 rings (SSSR count). The predicted octanol–water partition coefficient (Wildman–Crippen LogP) is 6.49. The maximum absolute atomic E-state index is 13.1. The highest BCUT2D eigenvalue weighted by atomic mass is 32.2. The van der Waals surface area contributed by atoms with E-state index in [4.69, 9.17) is 0 Å². The number of rotatable bonds is 4. The molecule has 1 heterocycles. The largest absolute Gasteiger partial charge is 0.508 e. The van der Waals surface area contributed by atoms with Crippen molar-refractivity contribution in [3.05, 3.63) is 84.6 Å². The predicted molar refractivity (Wildman–Crippen MR) is 119 cm³/mol. The van der Waals surface area contributed by atoms with Crippen molar-refractivity contribution >= 4 is 37.7 Å². The third-order valence-corrected chi connectivity index (χ3v) is 6.42. The van der Waals surface area contributed by atoms with Crippen LogP contribution in [0.2, 0.25) is 0 Å². The van der Waals surface area contributed by atoms with Crippen molar-refractivity contribution in [2.75, 3.05) is 11.6 Å². The fourth-order valence-corrected chi connectivity index (χ4v) is 4.51. The normalized spacial score (nSPS) is 13.5. The van der Waals surface area contributed by atoms with Gasteiger partial charge in [0.15, 0.2) is 0 Å². The Bertz CT molecular complexity index is 1410. The number of fused-ring (bicyclic) bond motifs is 1. The topological polar surface area (TPSA) is 74.6 Å². The summed E-state index contributed by atoms with van der Waals surface area (Å²) in [6.07, 6.45) is -1.54. The number of phenols is 1. The molecule has 3 aromatic carbocycles. The molecule has 0 aliphatic heterocycles. The van der Waals surface area contributed by atoms with Crippen molar-refractivity contribution in [2.24, 2.45) is 4.36 Å². The van der Waals surface area contributed by atoms with Gasteiger partial charge in [-0.1, -0.05) is 18.2 Å². The lowest BCUT2D eigenvalue weighted by Gasteiger charge is -2.13. The van der Waals surface area contributed by atoms with Crippen molar-refractivity contribution in [2.45, 2.75) is 11.1 Å². The van der Waals surface area contributed by atoms with Gasteiger partial charge in [0, 0.05) is 40.2 Å². The number of alkyl halides is 3. The van der Waals surface area contributed by atoms with Gasteiger partial charge < -0.3 is 10.4 Å². The van der Waals surface area contributed by atoms with Gasteiger partial charge in [0.1, 0.15) is 5.75 Å². The number of nitrogens with one attached hydrogen (secondary N) is 1. The van der Waals surface area contributed by atoms with E-state index >= 15 is 0 Å². The maximum atomic E-state index is 13.1. The molecule has 4 aromatic rings. The molecule has 0 saturated carbocycles. The summed E-state index contributed by atoms with van der Waals surface area (Å²) in [5, 5.41) is 13.2. The van der Waals surface area contributed by atoms with Crippen molar-refractivity contribution < 1.29 is 22.5 Å². The lowest BCUT2D eigenvalue weighted by Crippen LogP contribution is -2.05. The molecule has 0 spiro atoms. The van der Waals surface area contributed by atoms with E-state index in [0.717, 1.165) is 6.07 Å². The monoisotopic (exact) mass is 457 g/mol. The molecule has 1 aromatic heterocycles. The Balaban J connectivity index is 1.77. The first kappa shape index (κ1) is 21.6. The summed E-state index contributed by atoms with van der Waals surface area (Å²) in [6.45, 7) is 0. The lowest BCUT2D eigenvalue weighted by molar-refractivity contribution is -0.137. The average molecular weight is 457 g/mol. The molecule has 0 bridgehead atoms. The van der Waals surface area contributed by atoms with Crippen molar-refractivity contribution in [3.8, 4) is 5.75 Å². The van der Waals surface area contributed by atoms with Gasteiger partial charge in [0.2, 0.25) is 0 Å². The van der Waals surface area contributed by atoms with E-state index in [2.05, 4.69) is 14.7 Å². The molecular weight excluding hydrogens is 439 g/mol. The summed E-state index contributed by atoms with van der Waals surface area (Å²) in [4.78, 5) is 4.86. The van der Waals surface area contributed by atoms with E-state index in [0.29, 0.717) is 33.2 Å². The van der Waals surface area contributed by atoms with Gasteiger partial charge in [-0.15, -0.1) is 0 Å². The van der Waals surface area contributed by atoms with Crippen LogP contribution < -0.4 is 5.32 Å². The zero-order valence-electron chi connectivity index (χ0n) is 16.8. The Morgan fingerprint density at radius 2 is 1.75 bits per heavy atom. The Hall–Kier alpha value is -3.59. The summed E-state index contributed by atoms with van der Waals surface area (Å²) in [7, 11) is -2.71. The second kappa shape index (κ2) is 8.16. The minimum absolute atomic E-state index is 0.0655. The number of anilines is 2. The van der Waals surface area contributed by atoms with E-state index < -0.39 is 27.2 Å². The molecule has 0 amide bonds. The molecule has 0 saturated heterocycles. The number of hydrogen-bond acceptors (Lipinski definition) is 5. The van der Waals surface area contributed by atoms with Crippen LogP contribution in [0, 0.1) is 0 Å². The number of aromatic hydroxyl groups is 1. The van der Waals surface area contributed by atoms with Crippen LogP contribution >= 0.6 is 0 Å². The van der Waals surface area contributed by atoms with Gasteiger partial charge in [-0.05, 0) is 48.5 Å². The molecule has 1 unspecified atom stereocenters. The van der Waals surface area contributed by atoms with E-state index in [1.165, 1.54) is 12.3 Å². The standard InChI is InChI=1S/C23H18F3N3O2S/c1-32(31,19-5-3-2-4-6-19)29-16-7-8-21-20(14-16)22(9-10-27-21)28-17-11-15(23(24,25)26)12-18(30)13-17/h2-14,30H,1H3,(H,27,28). The number of aromatic nitrogens is 1. The van der Waals surface area contributed by atoms with Gasteiger partial charge in [-0.2, -0.15) is 17.5 Å². The summed E-state index contributed by atoms with van der Waals surface area (Å²) >= 11 is 0. The third kappa shape index (κ3) is 4.67. The number of phenolic OH excluding ortho intramolecular Hbond substituents is 1. The molecule has 5 nitrogen and oxygen atoms in total. The van der Waals surface area contributed by atoms with Gasteiger partial charge >= 0.3 is 6.18 Å². The molecule has 9 heteroatoms. The van der Waals surface area contributed by atoms with Crippen molar-refractivity contribution in [3.63, 3.8) is 0 Å². The second-order valence-electron chi connectivity index (χ2n) is 7.16. The number of hydrogen-bond donors (Lipinski definition) is 2. The smallest absolute Gasteiger partial charge is 0.416 e. The number of halogens is 3. The molecule has 0 fully saturated rings. The van der Waals surface area contributed by atoms with Gasteiger partial charge in [0.05, 0.1) is 26.5 Å². The molecule has 0 aliphatic carbocycles. The Morgan fingerprint density at radius 1 is 1.00 bits per heavy atom. The molecule has 1 atom stereocenters. The van der Waals surface area contributed by atoms with Crippen LogP contribution in [0.5, 0.6) is 5.75 Å². The quantitative estimate of drug-likeness (QED) is 0.367. The zero-order chi connectivity index (χ0) is 22.9. The minimum atomic E-state index is -4.60. The van der Waals surface area contributed by atoms with E-state index in [1.807, 2.05) is 6.07 Å². The van der Waals surface area contributed by atoms with E-state index in [9.17, 15) is 22.5 Å². The molecular formula is C23H18F3N3O2S. The highest BCUT2D eigenvalue weighted by Crippen LogP contribution is 2.36. The summed E-state index contributed by atoms with van der Waals surface area (Å²) in [5.41, 5.74) is 0.579. The number of pyridine rings is 1. The van der Waals surface area contributed by atoms with Crippen molar-refractivity contribution in [1.82, 2.24) is 4.98 Å².